The maximum Gasteiger partial charge on any atom is 0.332 e. The molecular weight excluding hydrogens is 504 g/mol. The number of amides is 4. The number of benzene rings is 2. The Balaban J connectivity index is 1.29. The van der Waals surface area contributed by atoms with Crippen molar-refractivity contribution in [2.45, 2.75) is 39.3 Å². The van der Waals surface area contributed by atoms with Crippen LogP contribution in [0.4, 0.5) is 10.5 Å². The molecule has 3 aromatic rings. The van der Waals surface area contributed by atoms with Gasteiger partial charge in [0, 0.05) is 56.4 Å². The largest absolute Gasteiger partial charge is 0.352 e. The van der Waals surface area contributed by atoms with E-state index in [9.17, 15) is 14.4 Å². The van der Waals surface area contributed by atoms with Crippen LogP contribution in [-0.4, -0.2) is 89.4 Å². The molecule has 0 saturated carbocycles. The lowest BCUT2D eigenvalue weighted by Gasteiger charge is -2.32. The van der Waals surface area contributed by atoms with Crippen molar-refractivity contribution >= 4 is 34.4 Å². The van der Waals surface area contributed by atoms with E-state index in [2.05, 4.69) is 27.1 Å². The van der Waals surface area contributed by atoms with Crippen LogP contribution in [0.3, 0.4) is 0 Å². The number of anilines is 1. The zero-order valence-electron chi connectivity index (χ0n) is 23.8. The summed E-state index contributed by atoms with van der Waals surface area (Å²) >= 11 is 0. The molecule has 0 bridgehead atoms. The van der Waals surface area contributed by atoms with Crippen LogP contribution in [0.2, 0.25) is 0 Å². The van der Waals surface area contributed by atoms with Gasteiger partial charge >= 0.3 is 6.03 Å². The average molecular weight is 543 g/mol. The minimum atomic E-state index is -1.06. The smallest absolute Gasteiger partial charge is 0.332 e. The highest BCUT2D eigenvalue weighted by Crippen LogP contribution is 2.35. The Hall–Kier alpha value is -3.82. The van der Waals surface area contributed by atoms with Gasteiger partial charge in [-0.05, 0) is 76.2 Å². The van der Waals surface area contributed by atoms with Crippen LogP contribution in [0, 0.1) is 6.92 Å². The molecule has 0 spiro atoms. The Morgan fingerprint density at radius 3 is 2.55 bits per heavy atom. The summed E-state index contributed by atoms with van der Waals surface area (Å²) in [6.07, 6.45) is 2.59. The second kappa shape index (κ2) is 11.3. The minimum absolute atomic E-state index is 0.198. The summed E-state index contributed by atoms with van der Waals surface area (Å²) in [4.78, 5) is 52.4. The Morgan fingerprint density at radius 2 is 1.77 bits per heavy atom. The van der Waals surface area contributed by atoms with Crippen LogP contribution in [0.5, 0.6) is 0 Å². The predicted octanol–water partition coefficient (Wildman–Crippen LogP) is 3.66. The van der Waals surface area contributed by atoms with Crippen molar-refractivity contribution in [2.24, 2.45) is 0 Å². The van der Waals surface area contributed by atoms with E-state index in [0.29, 0.717) is 17.8 Å². The van der Waals surface area contributed by atoms with Gasteiger partial charge in [-0.15, -0.1) is 0 Å². The SMILES string of the molecule is Cc1ccc(N2C(=O)N(Cc3ccnc4ccccc34)C(C)(C)C2=O)cc1C(=O)NCCCN1CCN(C)CC1. The molecule has 3 heterocycles. The molecule has 9 heteroatoms. The lowest BCUT2D eigenvalue weighted by atomic mass is 10.0. The van der Waals surface area contributed by atoms with Crippen LogP contribution in [0.15, 0.2) is 54.7 Å². The van der Waals surface area contributed by atoms with Crippen LogP contribution >= 0.6 is 0 Å². The lowest BCUT2D eigenvalue weighted by molar-refractivity contribution is -0.123. The molecule has 40 heavy (non-hydrogen) atoms. The third-order valence-electron chi connectivity index (χ3n) is 8.15. The monoisotopic (exact) mass is 542 g/mol. The highest BCUT2D eigenvalue weighted by Gasteiger charge is 2.52. The number of likely N-dealkylation sites (N-methyl/N-ethyl adjacent to an activating group) is 1. The van der Waals surface area contributed by atoms with Crippen LogP contribution in [0.25, 0.3) is 10.9 Å². The quantitative estimate of drug-likeness (QED) is 0.345. The van der Waals surface area contributed by atoms with Gasteiger partial charge in [-0.25, -0.2) is 9.69 Å². The molecular formula is C31H38N6O3. The van der Waals surface area contributed by atoms with Gasteiger partial charge in [0.25, 0.3) is 11.8 Å². The van der Waals surface area contributed by atoms with Crippen LogP contribution in [0.1, 0.15) is 41.8 Å². The molecule has 9 nitrogen and oxygen atoms in total. The number of fused-ring (bicyclic) bond motifs is 1. The molecule has 2 aliphatic rings. The topological polar surface area (TPSA) is 89.1 Å². The summed E-state index contributed by atoms with van der Waals surface area (Å²) in [5, 5.41) is 3.97. The number of urea groups is 1. The van der Waals surface area contributed by atoms with Crippen molar-refractivity contribution in [1.29, 1.82) is 0 Å². The summed E-state index contributed by atoms with van der Waals surface area (Å²) in [7, 11) is 2.14. The van der Waals surface area contributed by atoms with Gasteiger partial charge in [-0.3, -0.25) is 14.6 Å². The first-order chi connectivity index (χ1) is 19.2. The maximum absolute atomic E-state index is 13.7. The van der Waals surface area contributed by atoms with E-state index < -0.39 is 11.6 Å². The number of aryl methyl sites for hydroxylation is 1. The van der Waals surface area contributed by atoms with Gasteiger partial charge in [0.1, 0.15) is 5.54 Å². The Bertz CT molecular complexity index is 1420. The highest BCUT2D eigenvalue weighted by atomic mass is 16.2. The summed E-state index contributed by atoms with van der Waals surface area (Å²) < 4.78 is 0. The van der Waals surface area contributed by atoms with E-state index in [4.69, 9.17) is 0 Å². The molecule has 210 valence electrons. The number of hydrogen-bond donors (Lipinski definition) is 1. The summed E-state index contributed by atoms with van der Waals surface area (Å²) in [6, 6.07) is 14.4. The number of nitrogens with zero attached hydrogens (tertiary/aromatic N) is 5. The molecule has 5 rings (SSSR count). The fourth-order valence-electron chi connectivity index (χ4n) is 5.46. The number of aromatic nitrogens is 1. The first kappa shape index (κ1) is 27.7. The predicted molar refractivity (Wildman–Crippen MR) is 156 cm³/mol. The van der Waals surface area contributed by atoms with E-state index in [0.717, 1.165) is 61.2 Å². The Morgan fingerprint density at radius 1 is 1.02 bits per heavy atom. The van der Waals surface area contributed by atoms with Crippen molar-refractivity contribution in [3.05, 3.63) is 71.4 Å². The zero-order valence-corrected chi connectivity index (χ0v) is 23.8. The standard InChI is InChI=1S/C31H38N6O3/c1-22-10-11-24(20-26(22)28(38)33-13-7-15-35-18-16-34(4)17-19-35)37-29(39)31(2,3)36(30(37)40)21-23-12-14-32-27-9-6-5-8-25(23)27/h5-6,8-12,14,20H,7,13,15-19,21H2,1-4H3,(H,33,38). The minimum Gasteiger partial charge on any atom is -0.352 e. The second-order valence-corrected chi connectivity index (χ2v) is 11.3. The molecule has 0 radical (unpaired) electrons. The zero-order chi connectivity index (χ0) is 28.4. The van der Waals surface area contributed by atoms with E-state index in [-0.39, 0.29) is 18.4 Å². The number of piperazine rings is 1. The van der Waals surface area contributed by atoms with Gasteiger partial charge in [0.2, 0.25) is 0 Å². The molecule has 0 aliphatic carbocycles. The van der Waals surface area contributed by atoms with Gasteiger partial charge in [-0.2, -0.15) is 0 Å². The molecule has 0 atom stereocenters. The van der Waals surface area contributed by atoms with Crippen LogP contribution in [-0.2, 0) is 11.3 Å². The van der Waals surface area contributed by atoms with Gasteiger partial charge in [0.05, 0.1) is 11.2 Å². The molecule has 2 saturated heterocycles. The number of para-hydroxylation sites is 1. The molecule has 0 unspecified atom stereocenters. The van der Waals surface area contributed by atoms with E-state index in [1.807, 2.05) is 37.3 Å². The third-order valence-corrected chi connectivity index (χ3v) is 8.15. The molecule has 1 aromatic heterocycles. The maximum atomic E-state index is 13.7. The van der Waals surface area contributed by atoms with Crippen LogP contribution < -0.4 is 10.2 Å². The number of rotatable bonds is 8. The summed E-state index contributed by atoms with van der Waals surface area (Å²) in [6.45, 7) is 11.4. The fraction of sp³-hybridized carbons (Fsp3) is 0.419. The van der Waals surface area contributed by atoms with Gasteiger partial charge in [-0.1, -0.05) is 24.3 Å². The number of nitrogens with one attached hydrogen (secondary N) is 1. The van der Waals surface area contributed by atoms with E-state index in [1.54, 1.807) is 43.1 Å². The molecule has 2 fully saturated rings. The number of imide groups is 1. The van der Waals surface area contributed by atoms with Crippen molar-refractivity contribution in [3.63, 3.8) is 0 Å². The summed E-state index contributed by atoms with van der Waals surface area (Å²) in [5.74, 6) is -0.519. The van der Waals surface area contributed by atoms with E-state index in [1.165, 1.54) is 4.90 Å². The molecule has 2 aliphatic heterocycles. The average Bonchev–Trinajstić information content (AvgIpc) is 3.11. The number of pyridine rings is 1. The molecule has 1 N–H and O–H groups in total. The third kappa shape index (κ3) is 5.44. The van der Waals surface area contributed by atoms with Crippen molar-refractivity contribution in [3.8, 4) is 0 Å². The fourth-order valence-corrected chi connectivity index (χ4v) is 5.46. The highest BCUT2D eigenvalue weighted by molar-refractivity contribution is 6.23. The molecule has 2 aromatic carbocycles. The number of hydrogen-bond acceptors (Lipinski definition) is 6. The number of carbonyl (C=O) groups is 3. The van der Waals surface area contributed by atoms with E-state index >= 15 is 0 Å². The van der Waals surface area contributed by atoms with Crippen molar-refractivity contribution in [1.82, 2.24) is 25.0 Å². The number of carbonyl (C=O) groups excluding carboxylic acids is 3. The first-order valence-corrected chi connectivity index (χ1v) is 14.0. The first-order valence-electron chi connectivity index (χ1n) is 14.0. The molecule has 4 amide bonds. The second-order valence-electron chi connectivity index (χ2n) is 11.3. The van der Waals surface area contributed by atoms with Gasteiger partial charge in [0.15, 0.2) is 0 Å². The van der Waals surface area contributed by atoms with Crippen molar-refractivity contribution in [2.75, 3.05) is 51.2 Å². The Kier molecular flexibility index (Phi) is 7.87. The lowest BCUT2D eigenvalue weighted by Crippen LogP contribution is -2.45. The van der Waals surface area contributed by atoms with Gasteiger partial charge < -0.3 is 20.0 Å². The Labute approximate surface area is 235 Å². The van der Waals surface area contributed by atoms with Crippen molar-refractivity contribution < 1.29 is 14.4 Å². The summed E-state index contributed by atoms with van der Waals surface area (Å²) in [5.41, 5.74) is 2.36. The normalized spacial score (nSPS) is 18.1.